The molecule has 5 N–H and O–H groups in total. The summed E-state index contributed by atoms with van der Waals surface area (Å²) in [6.07, 6.45) is 1.11. The van der Waals surface area contributed by atoms with Crippen molar-refractivity contribution >= 4 is 27.5 Å². The van der Waals surface area contributed by atoms with Gasteiger partial charge in [-0.25, -0.2) is 13.6 Å². The fourth-order valence-corrected chi connectivity index (χ4v) is 2.19. The summed E-state index contributed by atoms with van der Waals surface area (Å²) >= 11 is 0. The highest BCUT2D eigenvalue weighted by Crippen LogP contribution is 2.13. The molecule has 24 heavy (non-hydrogen) atoms. The normalized spacial score (nSPS) is 11.5. The van der Waals surface area contributed by atoms with Gasteiger partial charge < -0.3 is 16.0 Å². The lowest BCUT2D eigenvalue weighted by Crippen LogP contribution is -2.30. The average Bonchev–Trinajstić information content (AvgIpc) is 2.50. The number of nitrogens with one attached hydrogen (secondary N) is 1. The van der Waals surface area contributed by atoms with Gasteiger partial charge in [0.2, 0.25) is 15.9 Å². The molecule has 0 unspecified atom stereocenters. The van der Waals surface area contributed by atoms with Crippen LogP contribution in [0.5, 0.6) is 0 Å². The third-order valence-electron chi connectivity index (χ3n) is 2.87. The lowest BCUT2D eigenvalue weighted by molar-refractivity contribution is -0.126. The third kappa shape index (κ3) is 5.47. The zero-order valence-corrected chi connectivity index (χ0v) is 13.7. The van der Waals surface area contributed by atoms with E-state index in [0.717, 1.165) is 11.1 Å². The molecular formula is C14H17N5O4S. The molecule has 0 saturated carbocycles. The second kappa shape index (κ2) is 8.21. The number of benzene rings is 1. The molecule has 0 bridgehead atoms. The summed E-state index contributed by atoms with van der Waals surface area (Å²) in [5, 5.41) is 16.5. The number of nitrogens with zero attached hydrogens (tertiary/aromatic N) is 2. The van der Waals surface area contributed by atoms with Crippen LogP contribution in [-0.2, 0) is 19.6 Å². The minimum absolute atomic E-state index is 0.109. The van der Waals surface area contributed by atoms with Crippen LogP contribution in [0.15, 0.2) is 40.9 Å². The van der Waals surface area contributed by atoms with E-state index in [0.29, 0.717) is 0 Å². The van der Waals surface area contributed by atoms with Gasteiger partial charge in [-0.1, -0.05) is 0 Å². The number of amides is 2. The highest BCUT2D eigenvalue weighted by Gasteiger charge is 2.14. The van der Waals surface area contributed by atoms with Crippen LogP contribution in [-0.4, -0.2) is 38.2 Å². The van der Waals surface area contributed by atoms with Crippen LogP contribution >= 0.6 is 0 Å². The van der Waals surface area contributed by atoms with Gasteiger partial charge in [-0.15, -0.1) is 0 Å². The molecule has 0 aliphatic heterocycles. The van der Waals surface area contributed by atoms with Gasteiger partial charge in [-0.2, -0.15) is 5.26 Å². The number of rotatable bonds is 6. The number of hydrogen-bond acceptors (Lipinski definition) is 6. The molecule has 0 aliphatic carbocycles. The number of primary sulfonamides is 1. The predicted molar refractivity (Wildman–Crippen MR) is 86.6 cm³/mol. The minimum atomic E-state index is -3.83. The molecule has 2 amide bonds. The molecule has 0 aromatic heterocycles. The molecule has 1 aromatic carbocycles. The van der Waals surface area contributed by atoms with Crippen molar-refractivity contribution in [1.29, 1.82) is 5.26 Å². The quantitative estimate of drug-likeness (QED) is 0.462. The molecule has 1 aromatic rings. The number of anilines is 1. The number of nitriles is 1. The van der Waals surface area contributed by atoms with Crippen molar-refractivity contribution in [3.63, 3.8) is 0 Å². The highest BCUT2D eigenvalue weighted by atomic mass is 32.2. The topological polar surface area (TPSA) is 159 Å². The smallest absolute Gasteiger partial charge is 0.267 e. The van der Waals surface area contributed by atoms with Crippen molar-refractivity contribution in [3.05, 3.63) is 36.0 Å². The van der Waals surface area contributed by atoms with Crippen LogP contribution in [0.1, 0.15) is 6.92 Å². The second-order valence-electron chi connectivity index (χ2n) is 4.68. The maximum absolute atomic E-state index is 12.1. The number of carbonyl (C=O) groups is 2. The maximum atomic E-state index is 12.1. The van der Waals surface area contributed by atoms with Gasteiger partial charge in [0.15, 0.2) is 0 Å². The lowest BCUT2D eigenvalue weighted by Gasteiger charge is -2.15. The van der Waals surface area contributed by atoms with E-state index < -0.39 is 15.9 Å². The number of sulfonamides is 1. The minimum Gasteiger partial charge on any atom is -0.329 e. The van der Waals surface area contributed by atoms with E-state index in [9.17, 15) is 18.0 Å². The molecule has 1 rings (SSSR count). The Labute approximate surface area is 139 Å². The number of carbonyl (C=O) groups excluding carboxylic acids is 2. The average molecular weight is 351 g/mol. The zero-order valence-electron chi connectivity index (χ0n) is 12.9. The Morgan fingerprint density at radius 2 is 1.92 bits per heavy atom. The second-order valence-corrected chi connectivity index (χ2v) is 6.24. The van der Waals surface area contributed by atoms with Gasteiger partial charge in [0.25, 0.3) is 5.91 Å². The summed E-state index contributed by atoms with van der Waals surface area (Å²) in [6, 6.07) is 6.80. The molecule has 128 valence electrons. The number of nitrogens with two attached hydrogens (primary N) is 2. The van der Waals surface area contributed by atoms with Gasteiger partial charge in [-0.3, -0.25) is 9.59 Å². The first-order chi connectivity index (χ1) is 11.2. The van der Waals surface area contributed by atoms with E-state index >= 15 is 0 Å². The summed E-state index contributed by atoms with van der Waals surface area (Å²) in [4.78, 5) is 24.5. The standard InChI is InChI=1S/C14H17N5O4S/c1-10(20)19(7-6-15)9-11(8-16)14(21)18-12-2-4-13(5-3-12)24(17,22)23/h2-5,9H,6-7,15H2,1H3,(H,18,21)(H2,17,22,23)/b11-9-. The lowest BCUT2D eigenvalue weighted by atomic mass is 10.2. The van der Waals surface area contributed by atoms with Crippen LogP contribution < -0.4 is 16.2 Å². The highest BCUT2D eigenvalue weighted by molar-refractivity contribution is 7.89. The Bertz CT molecular complexity index is 793. The molecular weight excluding hydrogens is 334 g/mol. The maximum Gasteiger partial charge on any atom is 0.267 e. The molecule has 0 atom stereocenters. The Balaban J connectivity index is 2.95. The first-order valence-electron chi connectivity index (χ1n) is 6.72. The molecule has 0 heterocycles. The first-order valence-corrected chi connectivity index (χ1v) is 8.27. The van der Waals surface area contributed by atoms with E-state index in [1.165, 1.54) is 31.2 Å². The van der Waals surface area contributed by atoms with Gasteiger partial charge in [-0.05, 0) is 24.3 Å². The molecule has 0 radical (unpaired) electrons. The monoisotopic (exact) mass is 351 g/mol. The SMILES string of the molecule is CC(=O)N(/C=C(/C#N)C(=O)Nc1ccc(S(N)(=O)=O)cc1)CCN. The summed E-state index contributed by atoms with van der Waals surface area (Å²) in [7, 11) is -3.83. The van der Waals surface area contributed by atoms with Crippen molar-refractivity contribution in [1.82, 2.24) is 4.90 Å². The van der Waals surface area contributed by atoms with E-state index in [4.69, 9.17) is 16.1 Å². The fraction of sp³-hybridized carbons (Fsp3) is 0.214. The molecule has 10 heteroatoms. The fourth-order valence-electron chi connectivity index (χ4n) is 1.67. The first kappa shape index (κ1) is 19.3. The molecule has 9 nitrogen and oxygen atoms in total. The molecule has 0 aliphatic rings. The Morgan fingerprint density at radius 1 is 1.33 bits per heavy atom. The van der Waals surface area contributed by atoms with E-state index in [-0.39, 0.29) is 35.2 Å². The van der Waals surface area contributed by atoms with Crippen molar-refractivity contribution < 1.29 is 18.0 Å². The molecule has 0 spiro atoms. The van der Waals surface area contributed by atoms with Crippen LogP contribution in [0.25, 0.3) is 0 Å². The van der Waals surface area contributed by atoms with Crippen LogP contribution in [0.3, 0.4) is 0 Å². The van der Waals surface area contributed by atoms with E-state index in [2.05, 4.69) is 5.32 Å². The van der Waals surface area contributed by atoms with Crippen LogP contribution in [0, 0.1) is 11.3 Å². The Hall–Kier alpha value is -2.74. The molecule has 0 saturated heterocycles. The summed E-state index contributed by atoms with van der Waals surface area (Å²) < 4.78 is 22.3. The van der Waals surface area contributed by atoms with Crippen molar-refractivity contribution in [3.8, 4) is 6.07 Å². The summed E-state index contributed by atoms with van der Waals surface area (Å²) in [5.74, 6) is -1.11. The zero-order chi connectivity index (χ0) is 18.3. The molecule has 0 fully saturated rings. The van der Waals surface area contributed by atoms with E-state index in [1.54, 1.807) is 6.07 Å². The summed E-state index contributed by atoms with van der Waals surface area (Å²) in [6.45, 7) is 1.62. The Kier molecular flexibility index (Phi) is 6.60. The largest absolute Gasteiger partial charge is 0.329 e. The van der Waals surface area contributed by atoms with E-state index in [1.807, 2.05) is 0 Å². The van der Waals surface area contributed by atoms with Crippen molar-refractivity contribution in [2.45, 2.75) is 11.8 Å². The Morgan fingerprint density at radius 3 is 2.33 bits per heavy atom. The predicted octanol–water partition coefficient (Wildman–Crippen LogP) is -0.513. The van der Waals surface area contributed by atoms with Crippen molar-refractivity contribution in [2.75, 3.05) is 18.4 Å². The van der Waals surface area contributed by atoms with Gasteiger partial charge in [0, 0.05) is 31.9 Å². The van der Waals surface area contributed by atoms with Crippen molar-refractivity contribution in [2.24, 2.45) is 10.9 Å². The third-order valence-corrected chi connectivity index (χ3v) is 3.79. The van der Waals surface area contributed by atoms with Gasteiger partial charge in [0.05, 0.1) is 4.90 Å². The summed E-state index contributed by atoms with van der Waals surface area (Å²) in [5.41, 5.74) is 5.34. The van der Waals surface area contributed by atoms with Crippen LogP contribution in [0.2, 0.25) is 0 Å². The van der Waals surface area contributed by atoms with Gasteiger partial charge >= 0.3 is 0 Å². The number of hydrogen-bond donors (Lipinski definition) is 3. The van der Waals surface area contributed by atoms with Gasteiger partial charge in [0.1, 0.15) is 11.6 Å². The van der Waals surface area contributed by atoms with Crippen LogP contribution in [0.4, 0.5) is 5.69 Å².